The van der Waals surface area contributed by atoms with Crippen LogP contribution < -0.4 is 19.5 Å². The zero-order valence-corrected chi connectivity index (χ0v) is 13.2. The van der Waals surface area contributed by atoms with E-state index in [1.54, 1.807) is 38.4 Å². The van der Waals surface area contributed by atoms with Crippen LogP contribution >= 0.6 is 0 Å². The molecule has 0 aromatic heterocycles. The molecule has 2 rings (SSSR count). The quantitative estimate of drug-likeness (QED) is 0.883. The van der Waals surface area contributed by atoms with Crippen molar-refractivity contribution in [1.82, 2.24) is 10.2 Å². The van der Waals surface area contributed by atoms with Gasteiger partial charge in [-0.1, -0.05) is 0 Å². The van der Waals surface area contributed by atoms with Crippen LogP contribution in [-0.4, -0.2) is 58.5 Å². The highest BCUT2D eigenvalue weighted by Gasteiger charge is 2.18. The van der Waals surface area contributed by atoms with Crippen molar-refractivity contribution in [3.63, 3.8) is 0 Å². The lowest BCUT2D eigenvalue weighted by Gasteiger charge is -2.26. The summed E-state index contributed by atoms with van der Waals surface area (Å²) in [4.78, 5) is 13.7. The average molecular weight is 310 g/mol. The van der Waals surface area contributed by atoms with Gasteiger partial charge in [-0.2, -0.15) is 0 Å². The normalized spacial score (nSPS) is 14.4. The molecular weight excluding hydrogens is 288 g/mol. The average Bonchev–Trinajstić information content (AvgIpc) is 2.59. The summed E-state index contributed by atoms with van der Waals surface area (Å²) in [5, 5.41) is 3.19. The van der Waals surface area contributed by atoms with E-state index in [0.717, 1.165) is 18.7 Å². The SMILES string of the molecule is COc1cc(COC(=O)N2CCNCC2)cc(OC)c1OC. The first-order chi connectivity index (χ1) is 10.7. The third kappa shape index (κ3) is 3.73. The lowest BCUT2D eigenvalue weighted by Crippen LogP contribution is -2.46. The zero-order chi connectivity index (χ0) is 15.9. The second-order valence-corrected chi connectivity index (χ2v) is 4.83. The van der Waals surface area contributed by atoms with Gasteiger partial charge in [-0.15, -0.1) is 0 Å². The Morgan fingerprint density at radius 1 is 1.09 bits per heavy atom. The predicted octanol–water partition coefficient (Wildman–Crippen LogP) is 1.25. The number of benzene rings is 1. The molecule has 7 nitrogen and oxygen atoms in total. The van der Waals surface area contributed by atoms with Crippen molar-refractivity contribution in [2.75, 3.05) is 47.5 Å². The number of hydrogen-bond donors (Lipinski definition) is 1. The molecule has 0 unspecified atom stereocenters. The molecule has 0 aliphatic carbocycles. The molecule has 1 aliphatic heterocycles. The zero-order valence-electron chi connectivity index (χ0n) is 13.2. The Kier molecular flexibility index (Phi) is 5.71. The van der Waals surface area contributed by atoms with Gasteiger partial charge in [-0.05, 0) is 17.7 Å². The number of rotatable bonds is 5. The Morgan fingerprint density at radius 3 is 2.18 bits per heavy atom. The van der Waals surface area contributed by atoms with Crippen LogP contribution in [0.15, 0.2) is 12.1 Å². The van der Waals surface area contributed by atoms with Crippen molar-refractivity contribution in [3.05, 3.63) is 17.7 Å². The Hall–Kier alpha value is -2.15. The van der Waals surface area contributed by atoms with E-state index in [4.69, 9.17) is 18.9 Å². The number of nitrogens with one attached hydrogen (secondary N) is 1. The number of hydrogen-bond acceptors (Lipinski definition) is 6. The summed E-state index contributed by atoms with van der Waals surface area (Å²) in [6.45, 7) is 3.06. The van der Waals surface area contributed by atoms with Gasteiger partial charge in [0.2, 0.25) is 5.75 Å². The van der Waals surface area contributed by atoms with Crippen molar-refractivity contribution < 1.29 is 23.7 Å². The Balaban J connectivity index is 2.04. The van der Waals surface area contributed by atoms with Crippen LogP contribution in [0.1, 0.15) is 5.56 Å². The molecule has 0 bridgehead atoms. The van der Waals surface area contributed by atoms with Gasteiger partial charge in [0, 0.05) is 26.2 Å². The Bertz CT molecular complexity index is 490. The molecule has 1 saturated heterocycles. The van der Waals surface area contributed by atoms with Gasteiger partial charge in [0.1, 0.15) is 6.61 Å². The lowest BCUT2D eigenvalue weighted by atomic mass is 10.2. The van der Waals surface area contributed by atoms with Crippen LogP contribution in [0.25, 0.3) is 0 Å². The van der Waals surface area contributed by atoms with E-state index in [-0.39, 0.29) is 12.7 Å². The molecule has 1 aliphatic rings. The van der Waals surface area contributed by atoms with E-state index in [2.05, 4.69) is 5.32 Å². The van der Waals surface area contributed by atoms with Crippen LogP contribution in [0.2, 0.25) is 0 Å². The molecule has 1 aromatic carbocycles. The van der Waals surface area contributed by atoms with Crippen molar-refractivity contribution >= 4 is 6.09 Å². The summed E-state index contributed by atoms with van der Waals surface area (Å²) >= 11 is 0. The first-order valence-corrected chi connectivity index (χ1v) is 7.11. The molecule has 0 atom stereocenters. The summed E-state index contributed by atoms with van der Waals surface area (Å²) < 4.78 is 21.2. The van der Waals surface area contributed by atoms with E-state index >= 15 is 0 Å². The highest BCUT2D eigenvalue weighted by molar-refractivity contribution is 5.68. The third-order valence-corrected chi connectivity index (χ3v) is 3.46. The molecule has 22 heavy (non-hydrogen) atoms. The molecule has 1 amide bonds. The van der Waals surface area contributed by atoms with Crippen molar-refractivity contribution in [3.8, 4) is 17.2 Å². The van der Waals surface area contributed by atoms with E-state index in [9.17, 15) is 4.79 Å². The molecular formula is C15H22N2O5. The summed E-state index contributed by atoms with van der Waals surface area (Å²) in [5.74, 6) is 1.59. The van der Waals surface area contributed by atoms with Gasteiger partial charge in [-0.3, -0.25) is 0 Å². The van der Waals surface area contributed by atoms with Crippen LogP contribution in [0.5, 0.6) is 17.2 Å². The maximum absolute atomic E-state index is 12.0. The minimum absolute atomic E-state index is 0.152. The van der Waals surface area contributed by atoms with E-state index in [0.29, 0.717) is 30.3 Å². The number of carbonyl (C=O) groups excluding carboxylic acids is 1. The number of nitrogens with zero attached hydrogens (tertiary/aromatic N) is 1. The van der Waals surface area contributed by atoms with E-state index < -0.39 is 0 Å². The van der Waals surface area contributed by atoms with Gasteiger partial charge >= 0.3 is 6.09 Å². The maximum atomic E-state index is 12.0. The predicted molar refractivity (Wildman–Crippen MR) is 80.7 cm³/mol. The molecule has 0 saturated carbocycles. The molecule has 0 radical (unpaired) electrons. The monoisotopic (exact) mass is 310 g/mol. The van der Waals surface area contributed by atoms with Crippen molar-refractivity contribution in [2.24, 2.45) is 0 Å². The number of amides is 1. The number of ether oxygens (including phenoxy) is 4. The lowest BCUT2D eigenvalue weighted by molar-refractivity contribution is 0.0917. The summed E-state index contributed by atoms with van der Waals surface area (Å²) in [6, 6.07) is 3.54. The van der Waals surface area contributed by atoms with E-state index in [1.165, 1.54) is 0 Å². The second kappa shape index (κ2) is 7.74. The molecule has 0 spiro atoms. The minimum atomic E-state index is -0.310. The van der Waals surface area contributed by atoms with Crippen molar-refractivity contribution in [1.29, 1.82) is 0 Å². The fourth-order valence-corrected chi connectivity index (χ4v) is 2.30. The summed E-state index contributed by atoms with van der Waals surface area (Å²) in [5.41, 5.74) is 0.776. The number of carbonyl (C=O) groups is 1. The fourth-order valence-electron chi connectivity index (χ4n) is 2.30. The number of methoxy groups -OCH3 is 3. The van der Waals surface area contributed by atoms with Crippen LogP contribution in [-0.2, 0) is 11.3 Å². The fraction of sp³-hybridized carbons (Fsp3) is 0.533. The molecule has 1 aromatic rings. The topological polar surface area (TPSA) is 69.3 Å². The standard InChI is InChI=1S/C15H22N2O5/c1-19-12-8-11(9-13(20-2)14(12)21-3)10-22-15(18)17-6-4-16-5-7-17/h8-9,16H,4-7,10H2,1-3H3. The Labute approximate surface area is 130 Å². The molecule has 122 valence electrons. The van der Waals surface area contributed by atoms with Gasteiger partial charge < -0.3 is 29.2 Å². The largest absolute Gasteiger partial charge is 0.493 e. The smallest absolute Gasteiger partial charge is 0.410 e. The highest BCUT2D eigenvalue weighted by Crippen LogP contribution is 2.38. The molecule has 1 fully saturated rings. The highest BCUT2D eigenvalue weighted by atomic mass is 16.6. The summed E-state index contributed by atoms with van der Waals surface area (Å²) in [7, 11) is 4.64. The maximum Gasteiger partial charge on any atom is 0.410 e. The van der Waals surface area contributed by atoms with Gasteiger partial charge in [-0.25, -0.2) is 4.79 Å². The molecule has 1 heterocycles. The van der Waals surface area contributed by atoms with Crippen molar-refractivity contribution in [2.45, 2.75) is 6.61 Å². The second-order valence-electron chi connectivity index (χ2n) is 4.83. The van der Waals surface area contributed by atoms with Gasteiger partial charge in [0.15, 0.2) is 11.5 Å². The minimum Gasteiger partial charge on any atom is -0.493 e. The number of piperazine rings is 1. The van der Waals surface area contributed by atoms with Crippen LogP contribution in [0.4, 0.5) is 4.79 Å². The van der Waals surface area contributed by atoms with Gasteiger partial charge in [0.25, 0.3) is 0 Å². The van der Waals surface area contributed by atoms with Crippen LogP contribution in [0, 0.1) is 0 Å². The van der Waals surface area contributed by atoms with Gasteiger partial charge in [0.05, 0.1) is 21.3 Å². The van der Waals surface area contributed by atoms with Crippen LogP contribution in [0.3, 0.4) is 0 Å². The molecule has 1 N–H and O–H groups in total. The Morgan fingerprint density at radius 2 is 1.68 bits per heavy atom. The third-order valence-electron chi connectivity index (χ3n) is 3.46. The summed E-state index contributed by atoms with van der Waals surface area (Å²) in [6.07, 6.45) is -0.310. The first-order valence-electron chi connectivity index (χ1n) is 7.11. The van der Waals surface area contributed by atoms with E-state index in [1.807, 2.05) is 0 Å². The molecule has 7 heteroatoms. The first kappa shape index (κ1) is 16.2.